The topological polar surface area (TPSA) is 91.8 Å². The Morgan fingerprint density at radius 3 is 2.81 bits per heavy atom. The summed E-state index contributed by atoms with van der Waals surface area (Å²) < 4.78 is 0. The number of hydrogen-bond acceptors (Lipinski definition) is 4. The van der Waals surface area contributed by atoms with E-state index in [9.17, 15) is 4.79 Å². The molecule has 0 spiro atoms. The molecule has 1 aromatic heterocycles. The van der Waals surface area contributed by atoms with Crippen molar-refractivity contribution < 1.29 is 4.79 Å². The predicted octanol–water partition coefficient (Wildman–Crippen LogP) is 0.943. The second-order valence-electron chi connectivity index (χ2n) is 4.16. The number of aromatic nitrogens is 1. The van der Waals surface area contributed by atoms with Gasteiger partial charge in [0.25, 0.3) is 5.91 Å². The molecule has 0 aliphatic rings. The molecule has 1 amide bonds. The molecule has 0 unspecified atom stereocenters. The van der Waals surface area contributed by atoms with Crippen LogP contribution in [0, 0.1) is 16.7 Å². The van der Waals surface area contributed by atoms with E-state index >= 15 is 0 Å². The monoisotopic (exact) mass is 218 g/mol. The van der Waals surface area contributed by atoms with Gasteiger partial charge in [-0.05, 0) is 26.0 Å². The summed E-state index contributed by atoms with van der Waals surface area (Å²) in [6.45, 7) is 3.79. The summed E-state index contributed by atoms with van der Waals surface area (Å²) in [6, 6.07) is 5.26. The molecule has 1 heterocycles. The molecule has 0 aliphatic carbocycles. The lowest BCUT2D eigenvalue weighted by Gasteiger charge is -2.15. The summed E-state index contributed by atoms with van der Waals surface area (Å²) in [5.74, 6) is -0.302. The first-order valence-corrected chi connectivity index (χ1v) is 4.85. The zero-order chi connectivity index (χ0) is 12.2. The van der Waals surface area contributed by atoms with Gasteiger partial charge in [-0.25, -0.2) is 4.98 Å². The minimum Gasteiger partial charge on any atom is -0.397 e. The maximum absolute atomic E-state index is 11.6. The van der Waals surface area contributed by atoms with Crippen LogP contribution in [-0.2, 0) is 0 Å². The van der Waals surface area contributed by atoms with Crippen molar-refractivity contribution in [2.45, 2.75) is 13.8 Å². The Bertz CT molecular complexity index is 417. The number of nitrogens with two attached hydrogens (primary N) is 1. The fraction of sp³-hybridized carbons (Fsp3) is 0.364. The Morgan fingerprint density at radius 2 is 2.31 bits per heavy atom. The molecule has 0 aliphatic heterocycles. The number of nitriles is 1. The van der Waals surface area contributed by atoms with Crippen LogP contribution in [-0.4, -0.2) is 17.4 Å². The third kappa shape index (κ3) is 3.24. The molecule has 5 heteroatoms. The number of nitrogens with one attached hydrogen (secondary N) is 1. The van der Waals surface area contributed by atoms with Gasteiger partial charge in [0.1, 0.15) is 5.69 Å². The number of carbonyl (C=O) groups excluding carboxylic acids is 1. The number of hydrogen-bond donors (Lipinski definition) is 2. The number of pyridine rings is 1. The SMILES string of the molecule is CC(C)(C#N)CNC(=O)c1ccc(N)cn1. The molecular weight excluding hydrogens is 204 g/mol. The third-order valence-corrected chi connectivity index (χ3v) is 2.01. The Balaban J connectivity index is 2.61. The van der Waals surface area contributed by atoms with Crippen molar-refractivity contribution in [2.24, 2.45) is 5.41 Å². The highest BCUT2D eigenvalue weighted by Crippen LogP contribution is 2.11. The molecule has 0 saturated heterocycles. The van der Waals surface area contributed by atoms with E-state index in [-0.39, 0.29) is 12.5 Å². The van der Waals surface area contributed by atoms with Crippen LogP contribution in [0.1, 0.15) is 24.3 Å². The first-order valence-electron chi connectivity index (χ1n) is 4.85. The number of carbonyl (C=O) groups is 1. The zero-order valence-corrected chi connectivity index (χ0v) is 9.32. The van der Waals surface area contributed by atoms with Crippen molar-refractivity contribution in [3.05, 3.63) is 24.0 Å². The van der Waals surface area contributed by atoms with Crippen LogP contribution in [0.3, 0.4) is 0 Å². The third-order valence-electron chi connectivity index (χ3n) is 2.01. The number of nitrogen functional groups attached to an aromatic ring is 1. The van der Waals surface area contributed by atoms with Gasteiger partial charge in [0.05, 0.1) is 23.4 Å². The quantitative estimate of drug-likeness (QED) is 0.789. The molecule has 0 fully saturated rings. The van der Waals surface area contributed by atoms with Crippen LogP contribution in [0.25, 0.3) is 0 Å². The van der Waals surface area contributed by atoms with Gasteiger partial charge in [0.15, 0.2) is 0 Å². The lowest BCUT2D eigenvalue weighted by Crippen LogP contribution is -2.33. The summed E-state index contributed by atoms with van der Waals surface area (Å²) in [4.78, 5) is 15.5. The minimum atomic E-state index is -0.580. The Hall–Kier alpha value is -2.09. The van der Waals surface area contributed by atoms with Gasteiger partial charge in [-0.15, -0.1) is 0 Å². The van der Waals surface area contributed by atoms with Gasteiger partial charge in [0.2, 0.25) is 0 Å². The molecule has 0 aromatic carbocycles. The molecule has 16 heavy (non-hydrogen) atoms. The molecule has 0 atom stereocenters. The lowest BCUT2D eigenvalue weighted by molar-refractivity contribution is 0.0939. The van der Waals surface area contributed by atoms with E-state index in [2.05, 4.69) is 16.4 Å². The average Bonchev–Trinajstić information content (AvgIpc) is 2.27. The van der Waals surface area contributed by atoms with Crippen LogP contribution in [0.5, 0.6) is 0 Å². The molecule has 5 nitrogen and oxygen atoms in total. The van der Waals surface area contributed by atoms with E-state index in [0.717, 1.165) is 0 Å². The molecule has 0 bridgehead atoms. The summed E-state index contributed by atoms with van der Waals surface area (Å²) in [6.07, 6.45) is 1.42. The standard InChI is InChI=1S/C11H14N4O/c1-11(2,6-12)7-15-10(16)9-4-3-8(13)5-14-9/h3-5H,7,13H2,1-2H3,(H,15,16). The molecule has 0 saturated carbocycles. The summed E-state index contributed by atoms with van der Waals surface area (Å²) in [5.41, 5.74) is 5.68. The van der Waals surface area contributed by atoms with Crippen molar-refractivity contribution in [3.8, 4) is 6.07 Å². The first kappa shape index (κ1) is 12.0. The van der Waals surface area contributed by atoms with Crippen molar-refractivity contribution in [1.29, 1.82) is 5.26 Å². The predicted molar refractivity (Wildman–Crippen MR) is 60.4 cm³/mol. The van der Waals surface area contributed by atoms with Gasteiger partial charge in [0, 0.05) is 6.54 Å². The first-order chi connectivity index (χ1) is 7.44. The van der Waals surface area contributed by atoms with Crippen molar-refractivity contribution in [2.75, 3.05) is 12.3 Å². The number of rotatable bonds is 3. The number of nitrogens with zero attached hydrogens (tertiary/aromatic N) is 2. The van der Waals surface area contributed by atoms with Crippen LogP contribution in [0.15, 0.2) is 18.3 Å². The fourth-order valence-electron chi connectivity index (χ4n) is 0.971. The van der Waals surface area contributed by atoms with E-state index in [4.69, 9.17) is 11.0 Å². The van der Waals surface area contributed by atoms with Gasteiger partial charge in [-0.3, -0.25) is 4.79 Å². The van der Waals surface area contributed by atoms with Crippen LogP contribution in [0.2, 0.25) is 0 Å². The normalized spacial score (nSPS) is 10.6. The van der Waals surface area contributed by atoms with Crippen molar-refractivity contribution >= 4 is 11.6 Å². The molecule has 3 N–H and O–H groups in total. The number of amides is 1. The molecule has 84 valence electrons. The van der Waals surface area contributed by atoms with Gasteiger partial charge in [-0.1, -0.05) is 0 Å². The van der Waals surface area contributed by atoms with Crippen LogP contribution in [0.4, 0.5) is 5.69 Å². The highest BCUT2D eigenvalue weighted by Gasteiger charge is 2.18. The summed E-state index contributed by atoms with van der Waals surface area (Å²) >= 11 is 0. The number of anilines is 1. The van der Waals surface area contributed by atoms with E-state index in [0.29, 0.717) is 11.4 Å². The largest absolute Gasteiger partial charge is 0.397 e. The maximum Gasteiger partial charge on any atom is 0.269 e. The van der Waals surface area contributed by atoms with Gasteiger partial charge < -0.3 is 11.1 Å². The van der Waals surface area contributed by atoms with E-state index in [1.807, 2.05) is 0 Å². The fourth-order valence-corrected chi connectivity index (χ4v) is 0.971. The van der Waals surface area contributed by atoms with Crippen LogP contribution < -0.4 is 11.1 Å². The highest BCUT2D eigenvalue weighted by molar-refractivity contribution is 5.92. The Labute approximate surface area is 94.3 Å². The second-order valence-corrected chi connectivity index (χ2v) is 4.16. The van der Waals surface area contributed by atoms with E-state index < -0.39 is 5.41 Å². The van der Waals surface area contributed by atoms with Crippen molar-refractivity contribution in [3.63, 3.8) is 0 Å². The van der Waals surface area contributed by atoms with Crippen LogP contribution >= 0.6 is 0 Å². The lowest BCUT2D eigenvalue weighted by atomic mass is 9.96. The smallest absolute Gasteiger partial charge is 0.269 e. The summed E-state index contributed by atoms with van der Waals surface area (Å²) in [5, 5.41) is 11.4. The van der Waals surface area contributed by atoms with Gasteiger partial charge >= 0.3 is 0 Å². The van der Waals surface area contributed by atoms with E-state index in [1.165, 1.54) is 6.20 Å². The second kappa shape index (κ2) is 4.62. The molecule has 1 aromatic rings. The Morgan fingerprint density at radius 1 is 1.62 bits per heavy atom. The highest BCUT2D eigenvalue weighted by atomic mass is 16.1. The maximum atomic E-state index is 11.6. The molecular formula is C11H14N4O. The van der Waals surface area contributed by atoms with Gasteiger partial charge in [-0.2, -0.15) is 5.26 Å². The molecule has 0 radical (unpaired) electrons. The minimum absolute atomic E-state index is 0.286. The molecule has 1 rings (SSSR count). The Kier molecular flexibility index (Phi) is 3.46. The van der Waals surface area contributed by atoms with Crippen molar-refractivity contribution in [1.82, 2.24) is 10.3 Å². The zero-order valence-electron chi connectivity index (χ0n) is 9.32. The average molecular weight is 218 g/mol. The van der Waals surface area contributed by atoms with E-state index in [1.54, 1.807) is 26.0 Å². The summed E-state index contributed by atoms with van der Waals surface area (Å²) in [7, 11) is 0.